The first-order chi connectivity index (χ1) is 17.2. The van der Waals surface area contributed by atoms with Crippen molar-refractivity contribution in [2.24, 2.45) is 4.99 Å². The maximum absolute atomic E-state index is 13.6. The van der Waals surface area contributed by atoms with Crippen LogP contribution in [0.25, 0.3) is 10.8 Å². The number of ether oxygens (including phenoxy) is 2. The third kappa shape index (κ3) is 3.16. The zero-order chi connectivity index (χ0) is 25.3. The molecule has 1 spiro atoms. The molecule has 1 saturated heterocycles. The molecule has 1 atom stereocenters. The van der Waals surface area contributed by atoms with Gasteiger partial charge in [-0.05, 0) is 44.5 Å². The third-order valence-electron chi connectivity index (χ3n) is 7.85. The van der Waals surface area contributed by atoms with Gasteiger partial charge in [0.15, 0.2) is 5.75 Å². The zero-order valence-corrected chi connectivity index (χ0v) is 20.5. The second-order valence-electron chi connectivity index (χ2n) is 10.0. The van der Waals surface area contributed by atoms with E-state index in [-0.39, 0.29) is 0 Å². The molecule has 1 unspecified atom stereocenters. The van der Waals surface area contributed by atoms with Gasteiger partial charge in [0, 0.05) is 47.8 Å². The first-order valence-electron chi connectivity index (χ1n) is 12.3. The molecule has 3 aliphatic heterocycles. The Morgan fingerprint density at radius 2 is 1.69 bits per heavy atom. The van der Waals surface area contributed by atoms with Crippen LogP contribution in [-0.4, -0.2) is 44.8 Å². The predicted molar refractivity (Wildman–Crippen MR) is 136 cm³/mol. The van der Waals surface area contributed by atoms with Gasteiger partial charge in [-0.1, -0.05) is 24.3 Å². The number of morpholine rings is 1. The lowest BCUT2D eigenvalue weighted by atomic mass is 9.77. The van der Waals surface area contributed by atoms with Crippen molar-refractivity contribution in [1.29, 1.82) is 0 Å². The van der Waals surface area contributed by atoms with Crippen LogP contribution in [-0.2, 0) is 16.3 Å². The van der Waals surface area contributed by atoms with Crippen molar-refractivity contribution in [1.82, 2.24) is 0 Å². The molecule has 5 nitrogen and oxygen atoms in total. The van der Waals surface area contributed by atoms with E-state index in [1.807, 2.05) is 49.9 Å². The van der Waals surface area contributed by atoms with E-state index in [2.05, 4.69) is 11.0 Å². The molecule has 0 radical (unpaired) electrons. The maximum Gasteiger partial charge on any atom is 0.416 e. The van der Waals surface area contributed by atoms with Crippen LogP contribution in [0.15, 0.2) is 53.5 Å². The number of alkyl halides is 3. The summed E-state index contributed by atoms with van der Waals surface area (Å²) in [5.41, 5.74) is 0.610. The quantitative estimate of drug-likeness (QED) is 0.418. The molecule has 0 aliphatic carbocycles. The Balaban J connectivity index is 1.52. The Hall–Kier alpha value is -3.26. The van der Waals surface area contributed by atoms with Crippen LogP contribution in [0.3, 0.4) is 0 Å². The second-order valence-corrected chi connectivity index (χ2v) is 10.0. The summed E-state index contributed by atoms with van der Waals surface area (Å²) in [6, 6.07) is 14.1. The number of halogens is 3. The zero-order valence-electron chi connectivity index (χ0n) is 20.5. The summed E-state index contributed by atoms with van der Waals surface area (Å²) < 4.78 is 53.3. The van der Waals surface area contributed by atoms with Crippen LogP contribution in [0.5, 0.6) is 5.75 Å². The molecule has 1 fully saturated rings. The molecule has 3 heterocycles. The van der Waals surface area contributed by atoms with E-state index in [0.29, 0.717) is 31.1 Å². The Labute approximate surface area is 208 Å². The number of hydrogen-bond donors (Lipinski definition) is 0. The average Bonchev–Trinajstić information content (AvgIpc) is 3.05. The number of hydrogen-bond acceptors (Lipinski definition) is 5. The van der Waals surface area contributed by atoms with Crippen molar-refractivity contribution in [3.05, 3.63) is 59.7 Å². The standard InChI is InChI=1S/C28H28F3N3O2/c1-4-34-22-10-9-18(28(29,30)31)15-21(22)26(2,3)27(34)17-32-25-20-8-6-5-7-19(20)23(16-24(25)36-27)33-11-13-35-14-12-33/h5-10,15-17H,4,11-14H2,1-3H3. The highest BCUT2D eigenvalue weighted by atomic mass is 19.4. The van der Waals surface area contributed by atoms with Gasteiger partial charge in [0.25, 0.3) is 0 Å². The highest BCUT2D eigenvalue weighted by Gasteiger charge is 2.60. The number of rotatable bonds is 2. The van der Waals surface area contributed by atoms with Crippen molar-refractivity contribution in [3.63, 3.8) is 0 Å². The summed E-state index contributed by atoms with van der Waals surface area (Å²) >= 11 is 0. The van der Waals surface area contributed by atoms with E-state index >= 15 is 0 Å². The van der Waals surface area contributed by atoms with Gasteiger partial charge in [0.1, 0.15) is 5.69 Å². The lowest BCUT2D eigenvalue weighted by Gasteiger charge is -2.46. The van der Waals surface area contributed by atoms with Crippen molar-refractivity contribution in [2.75, 3.05) is 42.6 Å². The Morgan fingerprint density at radius 1 is 0.972 bits per heavy atom. The van der Waals surface area contributed by atoms with Crippen molar-refractivity contribution in [3.8, 4) is 5.75 Å². The molecule has 0 saturated carbocycles. The molecule has 8 heteroatoms. The van der Waals surface area contributed by atoms with Crippen LogP contribution < -0.4 is 14.5 Å². The highest BCUT2D eigenvalue weighted by molar-refractivity contribution is 6.06. The Kier molecular flexibility index (Phi) is 5.06. The number of aliphatic imine (C=N–C) groups is 1. The SMILES string of the molecule is CCN1c2ccc(C(F)(F)F)cc2C(C)(C)C12C=Nc1c(cc(N3CCOCC3)c3ccccc13)O2. The highest BCUT2D eigenvalue weighted by Crippen LogP contribution is 2.56. The van der Waals surface area contributed by atoms with Gasteiger partial charge in [-0.2, -0.15) is 13.2 Å². The van der Waals surface area contributed by atoms with Crippen LogP contribution in [0.4, 0.5) is 30.2 Å². The third-order valence-corrected chi connectivity index (χ3v) is 7.85. The van der Waals surface area contributed by atoms with Crippen molar-refractivity contribution >= 4 is 34.0 Å². The molecule has 3 aromatic rings. The fourth-order valence-corrected chi connectivity index (χ4v) is 5.92. The van der Waals surface area contributed by atoms with Gasteiger partial charge in [0.05, 0.1) is 30.4 Å². The Morgan fingerprint density at radius 3 is 2.39 bits per heavy atom. The van der Waals surface area contributed by atoms with E-state index in [4.69, 9.17) is 14.5 Å². The normalized spacial score (nSPS) is 22.6. The Bertz CT molecular complexity index is 1380. The fourth-order valence-electron chi connectivity index (χ4n) is 5.92. The number of anilines is 2. The topological polar surface area (TPSA) is 37.3 Å². The summed E-state index contributed by atoms with van der Waals surface area (Å²) in [4.78, 5) is 9.25. The smallest absolute Gasteiger partial charge is 0.416 e. The van der Waals surface area contributed by atoms with E-state index in [1.165, 1.54) is 6.07 Å². The van der Waals surface area contributed by atoms with Crippen LogP contribution in [0.1, 0.15) is 31.9 Å². The molecule has 3 aliphatic rings. The molecule has 6 rings (SSSR count). The summed E-state index contributed by atoms with van der Waals surface area (Å²) in [5, 5.41) is 2.07. The minimum absolute atomic E-state index is 0.549. The largest absolute Gasteiger partial charge is 0.459 e. The minimum atomic E-state index is -4.42. The summed E-state index contributed by atoms with van der Waals surface area (Å²) in [7, 11) is 0. The number of nitrogens with zero attached hydrogens (tertiary/aromatic N) is 3. The molecular weight excluding hydrogens is 467 g/mol. The van der Waals surface area contributed by atoms with Crippen LogP contribution in [0.2, 0.25) is 0 Å². The van der Waals surface area contributed by atoms with Crippen LogP contribution >= 0.6 is 0 Å². The van der Waals surface area contributed by atoms with E-state index in [9.17, 15) is 13.2 Å². The summed E-state index contributed by atoms with van der Waals surface area (Å²) in [6.45, 7) is 9.25. The number of benzene rings is 3. The van der Waals surface area contributed by atoms with Gasteiger partial charge >= 0.3 is 6.18 Å². The predicted octanol–water partition coefficient (Wildman–Crippen LogP) is 6.30. The van der Waals surface area contributed by atoms with Crippen LogP contribution in [0, 0.1) is 0 Å². The van der Waals surface area contributed by atoms with Gasteiger partial charge in [0.2, 0.25) is 5.72 Å². The molecule has 0 amide bonds. The lowest BCUT2D eigenvalue weighted by molar-refractivity contribution is -0.137. The molecular formula is C28H28F3N3O2. The minimum Gasteiger partial charge on any atom is -0.459 e. The maximum atomic E-state index is 13.6. The fraction of sp³-hybridized carbons (Fsp3) is 0.393. The van der Waals surface area contributed by atoms with Crippen molar-refractivity contribution < 1.29 is 22.6 Å². The molecule has 0 bridgehead atoms. The number of fused-ring (bicyclic) bond motifs is 4. The van der Waals surface area contributed by atoms with E-state index < -0.39 is 22.9 Å². The van der Waals surface area contributed by atoms with Crippen molar-refractivity contribution in [2.45, 2.75) is 38.1 Å². The first-order valence-corrected chi connectivity index (χ1v) is 12.3. The van der Waals surface area contributed by atoms with Gasteiger partial charge in [-0.25, -0.2) is 0 Å². The number of likely N-dealkylation sites (N-methyl/N-ethyl adjacent to an activating group) is 1. The monoisotopic (exact) mass is 495 g/mol. The van der Waals surface area contributed by atoms with E-state index in [1.54, 1.807) is 12.3 Å². The van der Waals surface area contributed by atoms with Gasteiger partial charge < -0.3 is 19.3 Å². The molecule has 3 aromatic carbocycles. The lowest BCUT2D eigenvalue weighted by Crippen LogP contribution is -2.62. The summed E-state index contributed by atoms with van der Waals surface area (Å²) in [5.74, 6) is 0.632. The van der Waals surface area contributed by atoms with Gasteiger partial charge in [-0.3, -0.25) is 4.99 Å². The second kappa shape index (κ2) is 7.87. The molecule has 36 heavy (non-hydrogen) atoms. The van der Waals surface area contributed by atoms with Gasteiger partial charge in [-0.15, -0.1) is 0 Å². The molecule has 0 N–H and O–H groups in total. The molecule has 0 aromatic heterocycles. The summed E-state index contributed by atoms with van der Waals surface area (Å²) in [6.07, 6.45) is -2.63. The first kappa shape index (κ1) is 23.2. The molecule has 188 valence electrons. The average molecular weight is 496 g/mol. The van der Waals surface area contributed by atoms with E-state index in [0.717, 1.165) is 47.0 Å².